The van der Waals surface area contributed by atoms with Crippen molar-refractivity contribution in [2.75, 3.05) is 6.54 Å². The second kappa shape index (κ2) is 8.37. The topological polar surface area (TPSA) is 46.4 Å². The minimum absolute atomic E-state index is 0.0408. The molecule has 2 aromatic heterocycles. The third-order valence-electron chi connectivity index (χ3n) is 4.04. The number of carbonyl (C=O) groups is 1. The summed E-state index contributed by atoms with van der Waals surface area (Å²) in [7, 11) is 0. The zero-order valence-corrected chi connectivity index (χ0v) is 15.2. The Labute approximate surface area is 156 Å². The molecule has 0 aliphatic carbocycles. The van der Waals surface area contributed by atoms with E-state index in [0.717, 1.165) is 29.7 Å². The summed E-state index contributed by atoms with van der Waals surface area (Å²) in [5, 5.41) is 4.00. The van der Waals surface area contributed by atoms with E-state index >= 15 is 0 Å². The van der Waals surface area contributed by atoms with Crippen LogP contribution in [-0.4, -0.2) is 21.8 Å². The highest BCUT2D eigenvalue weighted by atomic mass is 35.5. The standard InChI is InChI=1S/C19H19Cl2N3O/c20-16-8-6-14(12-17(16)21)7-9-19(25)22-10-3-5-18-23-13-15-4-1-2-11-24(15)18/h1-2,4,6,8,11-13H,3,5,7,9-10H2,(H,22,25). The first kappa shape index (κ1) is 17.8. The maximum Gasteiger partial charge on any atom is 0.220 e. The van der Waals surface area contributed by atoms with Gasteiger partial charge in [-0.05, 0) is 42.7 Å². The highest BCUT2D eigenvalue weighted by Crippen LogP contribution is 2.23. The lowest BCUT2D eigenvalue weighted by Gasteiger charge is -2.06. The molecule has 0 aliphatic heterocycles. The number of amides is 1. The van der Waals surface area contributed by atoms with E-state index in [1.165, 1.54) is 0 Å². The molecule has 0 unspecified atom stereocenters. The second-order valence-corrected chi connectivity index (χ2v) is 6.69. The van der Waals surface area contributed by atoms with Crippen molar-refractivity contribution >= 4 is 34.6 Å². The number of nitrogens with one attached hydrogen (secondary N) is 1. The summed E-state index contributed by atoms with van der Waals surface area (Å²) >= 11 is 11.9. The van der Waals surface area contributed by atoms with Crippen molar-refractivity contribution in [1.82, 2.24) is 14.7 Å². The smallest absolute Gasteiger partial charge is 0.220 e. The molecule has 0 radical (unpaired) electrons. The molecule has 0 aliphatic rings. The number of hydrogen-bond acceptors (Lipinski definition) is 2. The Kier molecular flexibility index (Phi) is 5.95. The quantitative estimate of drug-likeness (QED) is 0.624. The van der Waals surface area contributed by atoms with Crippen molar-refractivity contribution in [2.45, 2.75) is 25.7 Å². The van der Waals surface area contributed by atoms with Gasteiger partial charge in [0.2, 0.25) is 5.91 Å². The van der Waals surface area contributed by atoms with Crippen molar-refractivity contribution in [3.8, 4) is 0 Å². The number of nitrogens with zero attached hydrogens (tertiary/aromatic N) is 2. The van der Waals surface area contributed by atoms with Crippen molar-refractivity contribution in [1.29, 1.82) is 0 Å². The molecule has 1 amide bonds. The predicted molar refractivity (Wildman–Crippen MR) is 101 cm³/mol. The van der Waals surface area contributed by atoms with Gasteiger partial charge in [-0.3, -0.25) is 4.79 Å². The lowest BCUT2D eigenvalue weighted by Crippen LogP contribution is -2.25. The van der Waals surface area contributed by atoms with Gasteiger partial charge in [0.15, 0.2) is 0 Å². The minimum Gasteiger partial charge on any atom is -0.356 e. The van der Waals surface area contributed by atoms with Crippen LogP contribution in [0.15, 0.2) is 48.8 Å². The van der Waals surface area contributed by atoms with E-state index in [-0.39, 0.29) is 5.91 Å². The average molecular weight is 376 g/mol. The molecule has 0 saturated carbocycles. The monoisotopic (exact) mass is 375 g/mol. The highest BCUT2D eigenvalue weighted by Gasteiger charge is 2.06. The van der Waals surface area contributed by atoms with Crippen LogP contribution >= 0.6 is 23.2 Å². The Bertz CT molecular complexity index is 876. The van der Waals surface area contributed by atoms with Gasteiger partial charge in [0.1, 0.15) is 5.82 Å². The van der Waals surface area contributed by atoms with Gasteiger partial charge >= 0.3 is 0 Å². The fraction of sp³-hybridized carbons (Fsp3) is 0.263. The van der Waals surface area contributed by atoms with Crippen LogP contribution < -0.4 is 5.32 Å². The summed E-state index contributed by atoms with van der Waals surface area (Å²) in [5.41, 5.74) is 2.09. The Hall–Kier alpha value is -2.04. The Morgan fingerprint density at radius 3 is 2.84 bits per heavy atom. The van der Waals surface area contributed by atoms with Gasteiger partial charge in [-0.25, -0.2) is 4.98 Å². The second-order valence-electron chi connectivity index (χ2n) is 5.87. The molecule has 0 spiro atoms. The lowest BCUT2D eigenvalue weighted by molar-refractivity contribution is -0.121. The Balaban J connectivity index is 1.40. The predicted octanol–water partition coefficient (Wildman–Crippen LogP) is 4.32. The number of pyridine rings is 1. The number of carbonyl (C=O) groups excluding carboxylic acids is 1. The van der Waals surface area contributed by atoms with Crippen molar-refractivity contribution in [3.63, 3.8) is 0 Å². The number of aryl methyl sites for hydroxylation is 2. The molecular weight excluding hydrogens is 357 g/mol. The van der Waals surface area contributed by atoms with Crippen molar-refractivity contribution in [3.05, 3.63) is 70.2 Å². The van der Waals surface area contributed by atoms with E-state index in [1.807, 2.05) is 36.7 Å². The van der Waals surface area contributed by atoms with Gasteiger partial charge in [-0.1, -0.05) is 35.3 Å². The molecule has 1 aromatic carbocycles. The minimum atomic E-state index is 0.0408. The first-order valence-electron chi connectivity index (χ1n) is 8.25. The molecule has 4 nitrogen and oxygen atoms in total. The molecule has 0 bridgehead atoms. The highest BCUT2D eigenvalue weighted by molar-refractivity contribution is 6.42. The molecule has 3 aromatic rings. The first-order valence-corrected chi connectivity index (χ1v) is 9.00. The van der Waals surface area contributed by atoms with Crippen LogP contribution in [0.2, 0.25) is 10.0 Å². The van der Waals surface area contributed by atoms with Gasteiger partial charge in [0.25, 0.3) is 0 Å². The Morgan fingerprint density at radius 2 is 2.00 bits per heavy atom. The van der Waals surface area contributed by atoms with Crippen LogP contribution in [0.3, 0.4) is 0 Å². The van der Waals surface area contributed by atoms with Crippen LogP contribution in [0, 0.1) is 0 Å². The number of imidazole rings is 1. The summed E-state index contributed by atoms with van der Waals surface area (Å²) in [6.45, 7) is 0.641. The van der Waals surface area contributed by atoms with Gasteiger partial charge in [0, 0.05) is 25.6 Å². The molecule has 2 heterocycles. The third-order valence-corrected chi connectivity index (χ3v) is 4.78. The van der Waals surface area contributed by atoms with Crippen LogP contribution in [0.5, 0.6) is 0 Å². The van der Waals surface area contributed by atoms with Crippen LogP contribution in [0.25, 0.3) is 5.52 Å². The zero-order chi connectivity index (χ0) is 17.6. The van der Waals surface area contributed by atoms with E-state index in [2.05, 4.69) is 14.7 Å². The molecule has 25 heavy (non-hydrogen) atoms. The van der Waals surface area contributed by atoms with E-state index < -0.39 is 0 Å². The fourth-order valence-corrected chi connectivity index (χ4v) is 3.02. The molecule has 6 heteroatoms. The van der Waals surface area contributed by atoms with Gasteiger partial charge in [-0.15, -0.1) is 0 Å². The summed E-state index contributed by atoms with van der Waals surface area (Å²) < 4.78 is 2.08. The molecule has 1 N–H and O–H groups in total. The first-order chi connectivity index (χ1) is 12.1. The number of rotatable bonds is 7. The molecule has 130 valence electrons. The molecule has 0 saturated heterocycles. The maximum atomic E-state index is 12.0. The SMILES string of the molecule is O=C(CCc1ccc(Cl)c(Cl)c1)NCCCc1ncc2ccccn12. The largest absolute Gasteiger partial charge is 0.356 e. The van der Waals surface area contributed by atoms with Crippen LogP contribution in [0.4, 0.5) is 0 Å². The van der Waals surface area contributed by atoms with Crippen molar-refractivity contribution < 1.29 is 4.79 Å². The number of aromatic nitrogens is 2. The molecule has 0 atom stereocenters. The fourth-order valence-electron chi connectivity index (χ4n) is 2.70. The number of hydrogen-bond donors (Lipinski definition) is 1. The van der Waals surface area contributed by atoms with Crippen LogP contribution in [-0.2, 0) is 17.6 Å². The molecular formula is C19H19Cl2N3O. The number of benzene rings is 1. The van der Waals surface area contributed by atoms with E-state index in [9.17, 15) is 4.79 Å². The van der Waals surface area contributed by atoms with Gasteiger partial charge < -0.3 is 9.72 Å². The van der Waals surface area contributed by atoms with E-state index in [1.54, 1.807) is 12.1 Å². The summed E-state index contributed by atoms with van der Waals surface area (Å²) in [5.74, 6) is 1.06. The van der Waals surface area contributed by atoms with E-state index in [0.29, 0.717) is 29.4 Å². The summed E-state index contributed by atoms with van der Waals surface area (Å²) in [6, 6.07) is 11.5. The van der Waals surface area contributed by atoms with Gasteiger partial charge in [0.05, 0.1) is 21.8 Å². The Morgan fingerprint density at radius 1 is 1.12 bits per heavy atom. The maximum absolute atomic E-state index is 12.0. The number of halogens is 2. The summed E-state index contributed by atoms with van der Waals surface area (Å²) in [4.78, 5) is 16.4. The summed E-state index contributed by atoms with van der Waals surface area (Å²) in [6.07, 6.45) is 6.63. The molecule has 3 rings (SSSR count). The van der Waals surface area contributed by atoms with E-state index in [4.69, 9.17) is 23.2 Å². The number of fused-ring (bicyclic) bond motifs is 1. The third kappa shape index (κ3) is 4.74. The zero-order valence-electron chi connectivity index (χ0n) is 13.7. The van der Waals surface area contributed by atoms with Crippen LogP contribution in [0.1, 0.15) is 24.2 Å². The lowest BCUT2D eigenvalue weighted by atomic mass is 10.1. The van der Waals surface area contributed by atoms with Crippen molar-refractivity contribution in [2.24, 2.45) is 0 Å². The molecule has 0 fully saturated rings. The van der Waals surface area contributed by atoms with Gasteiger partial charge in [-0.2, -0.15) is 0 Å². The normalized spacial score (nSPS) is 11.0. The average Bonchev–Trinajstić information content (AvgIpc) is 3.03.